The quantitative estimate of drug-likeness (QED) is 0.579. The number of hydrogen-bond acceptors (Lipinski definition) is 3. The van der Waals surface area contributed by atoms with E-state index in [0.717, 1.165) is 4.47 Å². The highest BCUT2D eigenvalue weighted by Crippen LogP contribution is 2.20. The molecule has 69 valence electrons. The summed E-state index contributed by atoms with van der Waals surface area (Å²) >= 11 is 3.28. The number of rotatable bonds is 1. The summed E-state index contributed by atoms with van der Waals surface area (Å²) in [5.41, 5.74) is 0.578. The van der Waals surface area contributed by atoms with Gasteiger partial charge >= 0.3 is 0 Å². The van der Waals surface area contributed by atoms with Crippen molar-refractivity contribution in [2.75, 3.05) is 0 Å². The lowest BCUT2D eigenvalue weighted by Crippen LogP contribution is -1.89. The maximum Gasteiger partial charge on any atom is 0.296 e. The Bertz CT molecular complexity index is 513. The van der Waals surface area contributed by atoms with E-state index in [-0.39, 0.29) is 5.69 Å². The van der Waals surface area contributed by atoms with Crippen molar-refractivity contribution in [2.24, 2.45) is 0 Å². The Morgan fingerprint density at radius 2 is 2.29 bits per heavy atom. The van der Waals surface area contributed by atoms with E-state index in [1.54, 1.807) is 12.1 Å². The minimum Gasteiger partial charge on any atom is -0.258 e. The third-order valence-corrected chi connectivity index (χ3v) is 2.24. The number of nitro groups is 1. The fourth-order valence-electron chi connectivity index (χ4n) is 1.11. The number of nitrogens with zero attached hydrogens (tertiary/aromatic N) is 2. The first-order valence-electron chi connectivity index (χ1n) is 3.79. The number of aromatic nitrogens is 1. The van der Waals surface area contributed by atoms with Crippen LogP contribution in [0, 0.1) is 16.2 Å². The maximum absolute atomic E-state index is 10.5. The van der Waals surface area contributed by atoms with Gasteiger partial charge in [-0.3, -0.25) is 10.1 Å². The molecule has 5 heteroatoms. The molecular formula is C9H4BrN2O2. The first kappa shape index (κ1) is 9.08. The predicted octanol–water partition coefficient (Wildman–Crippen LogP) is 2.71. The lowest BCUT2D eigenvalue weighted by molar-refractivity contribution is -0.385. The summed E-state index contributed by atoms with van der Waals surface area (Å²) in [7, 11) is 0. The van der Waals surface area contributed by atoms with Gasteiger partial charge in [-0.1, -0.05) is 15.9 Å². The second-order valence-electron chi connectivity index (χ2n) is 2.69. The van der Waals surface area contributed by atoms with Crippen molar-refractivity contribution >= 4 is 32.5 Å². The van der Waals surface area contributed by atoms with Crippen molar-refractivity contribution in [3.8, 4) is 0 Å². The Balaban J connectivity index is 2.69. The van der Waals surface area contributed by atoms with Crippen LogP contribution in [0.3, 0.4) is 0 Å². The van der Waals surface area contributed by atoms with E-state index in [4.69, 9.17) is 0 Å². The molecule has 2 aromatic rings. The van der Waals surface area contributed by atoms with Crippen LogP contribution in [0.2, 0.25) is 0 Å². The van der Waals surface area contributed by atoms with E-state index >= 15 is 0 Å². The Hall–Kier alpha value is -1.49. The summed E-state index contributed by atoms with van der Waals surface area (Å²) in [5, 5.41) is 11.1. The molecule has 1 aromatic heterocycles. The lowest BCUT2D eigenvalue weighted by Gasteiger charge is -1.96. The molecule has 0 amide bonds. The molecule has 4 nitrogen and oxygen atoms in total. The maximum atomic E-state index is 10.5. The molecule has 0 spiro atoms. The van der Waals surface area contributed by atoms with Crippen LogP contribution < -0.4 is 0 Å². The summed E-state index contributed by atoms with van der Waals surface area (Å²) in [6.45, 7) is 0. The molecule has 0 saturated heterocycles. The molecule has 0 aliphatic rings. The van der Waals surface area contributed by atoms with Crippen LogP contribution in [0.1, 0.15) is 0 Å². The van der Waals surface area contributed by atoms with Gasteiger partial charge in [0, 0.05) is 9.86 Å². The van der Waals surface area contributed by atoms with Crippen LogP contribution in [-0.2, 0) is 0 Å². The van der Waals surface area contributed by atoms with Crippen LogP contribution >= 0.6 is 15.9 Å². The van der Waals surface area contributed by atoms with Gasteiger partial charge in [-0.05, 0) is 18.2 Å². The lowest BCUT2D eigenvalue weighted by atomic mass is 10.2. The highest BCUT2D eigenvalue weighted by molar-refractivity contribution is 9.10. The SMILES string of the molecule is O=[N+]([O-])c1[c]c2cc(Br)ccc2nc1. The molecular weight excluding hydrogens is 248 g/mol. The summed E-state index contributed by atoms with van der Waals surface area (Å²) in [4.78, 5) is 13.9. The first-order chi connectivity index (χ1) is 6.66. The summed E-state index contributed by atoms with van der Waals surface area (Å²) < 4.78 is 0.851. The van der Waals surface area contributed by atoms with Gasteiger partial charge in [-0.15, -0.1) is 0 Å². The molecule has 0 fully saturated rings. The fraction of sp³-hybridized carbons (Fsp3) is 0. The number of halogens is 1. The van der Waals surface area contributed by atoms with Crippen molar-refractivity contribution in [2.45, 2.75) is 0 Å². The number of hydrogen-bond donors (Lipinski definition) is 0. The number of benzene rings is 1. The number of fused-ring (bicyclic) bond motifs is 1. The molecule has 0 bridgehead atoms. The molecule has 0 N–H and O–H groups in total. The molecule has 1 aromatic carbocycles. The third-order valence-electron chi connectivity index (χ3n) is 1.74. The fourth-order valence-corrected chi connectivity index (χ4v) is 1.48. The largest absolute Gasteiger partial charge is 0.296 e. The minimum atomic E-state index is -0.507. The first-order valence-corrected chi connectivity index (χ1v) is 4.58. The summed E-state index contributed by atoms with van der Waals surface area (Å²) in [6, 6.07) is 8.03. The van der Waals surface area contributed by atoms with Crippen LogP contribution in [0.4, 0.5) is 5.69 Å². The van der Waals surface area contributed by atoms with E-state index in [9.17, 15) is 10.1 Å². The Morgan fingerprint density at radius 1 is 1.50 bits per heavy atom. The third kappa shape index (κ3) is 1.58. The van der Waals surface area contributed by atoms with Crippen molar-refractivity contribution < 1.29 is 4.92 Å². The van der Waals surface area contributed by atoms with E-state index in [1.165, 1.54) is 6.20 Å². The topological polar surface area (TPSA) is 56.0 Å². The Kier molecular flexibility index (Phi) is 2.17. The zero-order valence-electron chi connectivity index (χ0n) is 6.90. The van der Waals surface area contributed by atoms with Crippen LogP contribution in [-0.4, -0.2) is 9.91 Å². The molecule has 0 unspecified atom stereocenters. The predicted molar refractivity (Wildman–Crippen MR) is 54.9 cm³/mol. The highest BCUT2D eigenvalue weighted by Gasteiger charge is 2.07. The van der Waals surface area contributed by atoms with Crippen LogP contribution in [0.15, 0.2) is 28.9 Å². The smallest absolute Gasteiger partial charge is 0.258 e. The second kappa shape index (κ2) is 3.34. The van der Waals surface area contributed by atoms with Gasteiger partial charge in [-0.2, -0.15) is 0 Å². The molecule has 0 aliphatic carbocycles. The number of pyridine rings is 1. The van der Waals surface area contributed by atoms with Gasteiger partial charge in [0.25, 0.3) is 5.69 Å². The Labute approximate surface area is 87.9 Å². The molecule has 0 aliphatic heterocycles. The van der Waals surface area contributed by atoms with Crippen molar-refractivity contribution in [1.82, 2.24) is 4.98 Å². The zero-order valence-corrected chi connectivity index (χ0v) is 8.48. The van der Waals surface area contributed by atoms with Gasteiger partial charge < -0.3 is 0 Å². The minimum absolute atomic E-state index is 0.115. The standard InChI is InChI=1S/C9H4BrN2O2/c10-7-1-2-9-6(3-7)4-8(5-11-9)12(13)14/h1-3,5H. The average molecular weight is 252 g/mol. The summed E-state index contributed by atoms with van der Waals surface area (Å²) in [5.74, 6) is 0. The van der Waals surface area contributed by atoms with E-state index in [0.29, 0.717) is 10.9 Å². The van der Waals surface area contributed by atoms with Gasteiger partial charge in [-0.25, -0.2) is 4.98 Å². The molecule has 1 radical (unpaired) electrons. The highest BCUT2D eigenvalue weighted by atomic mass is 79.9. The van der Waals surface area contributed by atoms with E-state index < -0.39 is 4.92 Å². The zero-order chi connectivity index (χ0) is 10.1. The van der Waals surface area contributed by atoms with Gasteiger partial charge in [0.2, 0.25) is 0 Å². The second-order valence-corrected chi connectivity index (χ2v) is 3.60. The van der Waals surface area contributed by atoms with E-state index in [1.807, 2.05) is 6.07 Å². The molecule has 0 saturated carbocycles. The summed E-state index contributed by atoms with van der Waals surface area (Å²) in [6.07, 6.45) is 1.20. The monoisotopic (exact) mass is 251 g/mol. The Morgan fingerprint density at radius 3 is 3.00 bits per heavy atom. The van der Waals surface area contributed by atoms with Crippen LogP contribution in [0.5, 0.6) is 0 Å². The van der Waals surface area contributed by atoms with Crippen molar-refractivity contribution in [1.29, 1.82) is 0 Å². The van der Waals surface area contributed by atoms with Gasteiger partial charge in [0.15, 0.2) is 0 Å². The molecule has 1 heterocycles. The van der Waals surface area contributed by atoms with Crippen molar-refractivity contribution in [3.05, 3.63) is 45.0 Å². The average Bonchev–Trinajstić information content (AvgIpc) is 2.16. The molecule has 0 atom stereocenters. The molecule has 14 heavy (non-hydrogen) atoms. The van der Waals surface area contributed by atoms with Gasteiger partial charge in [0.1, 0.15) is 6.20 Å². The van der Waals surface area contributed by atoms with Gasteiger partial charge in [0.05, 0.1) is 16.5 Å². The normalized spacial score (nSPS) is 10.4. The van der Waals surface area contributed by atoms with E-state index in [2.05, 4.69) is 27.0 Å². The molecule has 2 rings (SSSR count). The van der Waals surface area contributed by atoms with Crippen LogP contribution in [0.25, 0.3) is 10.9 Å². The van der Waals surface area contributed by atoms with Crippen molar-refractivity contribution in [3.63, 3.8) is 0 Å².